The third kappa shape index (κ3) is 3.90. The molecule has 1 aromatic heterocycles. The van der Waals surface area contributed by atoms with Crippen molar-refractivity contribution < 1.29 is 4.74 Å². The summed E-state index contributed by atoms with van der Waals surface area (Å²) in [5, 5.41) is 3.73. The molecule has 1 N–H and O–H groups in total. The lowest BCUT2D eigenvalue weighted by Gasteiger charge is -2.06. The van der Waals surface area contributed by atoms with Crippen molar-refractivity contribution in [1.29, 1.82) is 0 Å². The average molecular weight is 227 g/mol. The van der Waals surface area contributed by atoms with Gasteiger partial charge < -0.3 is 10.1 Å². The van der Waals surface area contributed by atoms with Crippen LogP contribution in [0.2, 0.25) is 5.02 Å². The molecule has 15 heavy (non-hydrogen) atoms. The summed E-state index contributed by atoms with van der Waals surface area (Å²) in [5.41, 5.74) is 1.05. The molecule has 0 spiro atoms. The summed E-state index contributed by atoms with van der Waals surface area (Å²) in [6.45, 7) is 7.72. The second kappa shape index (κ2) is 6.43. The van der Waals surface area contributed by atoms with Crippen LogP contribution in [0.5, 0.6) is 5.88 Å². The number of hydrogen-bond donors (Lipinski definition) is 1. The Bertz CT molecular complexity index is 328. The molecule has 0 saturated heterocycles. The van der Waals surface area contributed by atoms with Gasteiger partial charge in [0.1, 0.15) is 11.6 Å². The van der Waals surface area contributed by atoms with E-state index in [0.29, 0.717) is 17.5 Å². The van der Waals surface area contributed by atoms with E-state index in [9.17, 15) is 0 Å². The molecule has 0 saturated carbocycles. The Morgan fingerprint density at radius 1 is 1.67 bits per heavy atom. The molecular formula is C11H15ClN2O. The molecule has 1 heterocycles. The fourth-order valence-corrected chi connectivity index (χ4v) is 1.32. The highest BCUT2D eigenvalue weighted by Gasteiger charge is 2.03. The van der Waals surface area contributed by atoms with Crippen molar-refractivity contribution >= 4 is 11.6 Å². The Morgan fingerprint density at radius 2 is 2.47 bits per heavy atom. The van der Waals surface area contributed by atoms with Gasteiger partial charge in [0.15, 0.2) is 0 Å². The summed E-state index contributed by atoms with van der Waals surface area (Å²) in [6, 6.07) is 1.86. The lowest BCUT2D eigenvalue weighted by Crippen LogP contribution is -2.12. The third-order valence-electron chi connectivity index (χ3n) is 1.78. The van der Waals surface area contributed by atoms with Gasteiger partial charge in [-0.25, -0.2) is 4.98 Å². The zero-order valence-corrected chi connectivity index (χ0v) is 9.55. The van der Waals surface area contributed by atoms with Crippen LogP contribution >= 0.6 is 11.6 Å². The van der Waals surface area contributed by atoms with E-state index in [2.05, 4.69) is 23.8 Å². The quantitative estimate of drug-likeness (QED) is 0.757. The molecule has 0 radical (unpaired) electrons. The second-order valence-electron chi connectivity index (χ2n) is 3.01. The van der Waals surface area contributed by atoms with Crippen LogP contribution in [0.15, 0.2) is 24.9 Å². The van der Waals surface area contributed by atoms with Gasteiger partial charge in [-0.15, -0.1) is 0 Å². The van der Waals surface area contributed by atoms with Crippen LogP contribution in [-0.2, 0) is 6.54 Å². The first-order valence-electron chi connectivity index (χ1n) is 4.86. The number of pyridine rings is 1. The van der Waals surface area contributed by atoms with Crippen molar-refractivity contribution in [2.75, 3.05) is 13.2 Å². The number of halogens is 1. The standard InChI is InChI=1S/C11H15ClN2O/c1-3-5-15-11-10(12)6-9(8-14-11)7-13-4-2/h3,6,8,13H,1,4-5,7H2,2H3. The number of ether oxygens (including phenoxy) is 1. The minimum absolute atomic E-state index is 0.416. The Hall–Kier alpha value is -1.06. The van der Waals surface area contributed by atoms with Crippen LogP contribution < -0.4 is 10.1 Å². The van der Waals surface area contributed by atoms with Crippen LogP contribution in [0.25, 0.3) is 0 Å². The number of nitrogens with zero attached hydrogens (tertiary/aromatic N) is 1. The molecule has 0 atom stereocenters. The zero-order valence-electron chi connectivity index (χ0n) is 8.79. The van der Waals surface area contributed by atoms with Crippen molar-refractivity contribution in [3.05, 3.63) is 35.5 Å². The Kier molecular flexibility index (Phi) is 5.15. The van der Waals surface area contributed by atoms with Crippen molar-refractivity contribution in [2.45, 2.75) is 13.5 Å². The first-order chi connectivity index (χ1) is 7.27. The summed E-state index contributed by atoms with van der Waals surface area (Å²) in [7, 11) is 0. The maximum atomic E-state index is 5.99. The van der Waals surface area contributed by atoms with E-state index in [4.69, 9.17) is 16.3 Å². The molecule has 0 bridgehead atoms. The summed E-state index contributed by atoms with van der Waals surface area (Å²) in [6.07, 6.45) is 3.41. The van der Waals surface area contributed by atoms with E-state index in [1.807, 2.05) is 6.07 Å². The van der Waals surface area contributed by atoms with Gasteiger partial charge in [0.05, 0.1) is 0 Å². The van der Waals surface area contributed by atoms with Gasteiger partial charge in [0.25, 0.3) is 0 Å². The monoisotopic (exact) mass is 226 g/mol. The van der Waals surface area contributed by atoms with Gasteiger partial charge in [-0.05, 0) is 18.2 Å². The largest absolute Gasteiger partial charge is 0.472 e. The minimum Gasteiger partial charge on any atom is -0.472 e. The fourth-order valence-electron chi connectivity index (χ4n) is 1.08. The van der Waals surface area contributed by atoms with Gasteiger partial charge in [-0.2, -0.15) is 0 Å². The van der Waals surface area contributed by atoms with Crippen LogP contribution in [0.3, 0.4) is 0 Å². The van der Waals surface area contributed by atoms with Crippen molar-refractivity contribution in [1.82, 2.24) is 10.3 Å². The number of nitrogens with one attached hydrogen (secondary N) is 1. The lowest BCUT2D eigenvalue weighted by atomic mass is 10.3. The Labute approximate surface area is 95.1 Å². The van der Waals surface area contributed by atoms with Crippen LogP contribution in [0.4, 0.5) is 0 Å². The van der Waals surface area contributed by atoms with Crippen LogP contribution in [-0.4, -0.2) is 18.1 Å². The lowest BCUT2D eigenvalue weighted by molar-refractivity contribution is 0.348. The topological polar surface area (TPSA) is 34.1 Å². The summed E-state index contributed by atoms with van der Waals surface area (Å²) >= 11 is 5.99. The first-order valence-corrected chi connectivity index (χ1v) is 5.24. The highest BCUT2D eigenvalue weighted by atomic mass is 35.5. The van der Waals surface area contributed by atoms with Crippen molar-refractivity contribution in [3.8, 4) is 5.88 Å². The first kappa shape index (κ1) is 12.0. The van der Waals surface area contributed by atoms with E-state index in [-0.39, 0.29) is 0 Å². The molecule has 0 aromatic carbocycles. The van der Waals surface area contributed by atoms with E-state index in [1.165, 1.54) is 0 Å². The summed E-state index contributed by atoms with van der Waals surface area (Å²) in [5.74, 6) is 0.455. The molecule has 0 aliphatic heterocycles. The molecule has 0 aliphatic carbocycles. The SMILES string of the molecule is C=CCOc1ncc(CNCC)cc1Cl. The van der Waals surface area contributed by atoms with Crippen molar-refractivity contribution in [3.63, 3.8) is 0 Å². The van der Waals surface area contributed by atoms with Crippen LogP contribution in [0.1, 0.15) is 12.5 Å². The maximum absolute atomic E-state index is 5.99. The molecule has 0 amide bonds. The normalized spacial score (nSPS) is 10.0. The van der Waals surface area contributed by atoms with Gasteiger partial charge in [0.2, 0.25) is 5.88 Å². The number of rotatable bonds is 6. The molecule has 4 heteroatoms. The van der Waals surface area contributed by atoms with E-state index < -0.39 is 0 Å². The highest BCUT2D eigenvalue weighted by Crippen LogP contribution is 2.22. The molecule has 0 aliphatic rings. The molecular weight excluding hydrogens is 212 g/mol. The predicted octanol–water partition coefficient (Wildman–Crippen LogP) is 2.41. The van der Waals surface area contributed by atoms with Gasteiger partial charge in [-0.3, -0.25) is 0 Å². The van der Waals surface area contributed by atoms with Crippen molar-refractivity contribution in [2.24, 2.45) is 0 Å². The molecule has 1 aromatic rings. The predicted molar refractivity (Wildman–Crippen MR) is 62.3 cm³/mol. The average Bonchev–Trinajstić information content (AvgIpc) is 2.25. The molecule has 0 unspecified atom stereocenters. The third-order valence-corrected chi connectivity index (χ3v) is 2.05. The summed E-state index contributed by atoms with van der Waals surface area (Å²) < 4.78 is 5.26. The zero-order chi connectivity index (χ0) is 11.1. The maximum Gasteiger partial charge on any atom is 0.232 e. The molecule has 3 nitrogen and oxygen atoms in total. The smallest absolute Gasteiger partial charge is 0.232 e. The number of hydrogen-bond acceptors (Lipinski definition) is 3. The molecule has 82 valence electrons. The van der Waals surface area contributed by atoms with Gasteiger partial charge in [-0.1, -0.05) is 31.2 Å². The van der Waals surface area contributed by atoms with Gasteiger partial charge >= 0.3 is 0 Å². The Balaban J connectivity index is 2.65. The summed E-state index contributed by atoms with van der Waals surface area (Å²) in [4.78, 5) is 4.13. The molecule has 1 rings (SSSR count). The van der Waals surface area contributed by atoms with E-state index in [1.54, 1.807) is 12.3 Å². The fraction of sp³-hybridized carbons (Fsp3) is 0.364. The van der Waals surface area contributed by atoms with Gasteiger partial charge in [0, 0.05) is 12.7 Å². The number of aromatic nitrogens is 1. The van der Waals surface area contributed by atoms with E-state index in [0.717, 1.165) is 18.7 Å². The van der Waals surface area contributed by atoms with Crippen LogP contribution in [0, 0.1) is 0 Å². The van der Waals surface area contributed by atoms with E-state index >= 15 is 0 Å². The second-order valence-corrected chi connectivity index (χ2v) is 3.42. The highest BCUT2D eigenvalue weighted by molar-refractivity contribution is 6.31. The Morgan fingerprint density at radius 3 is 3.07 bits per heavy atom. The minimum atomic E-state index is 0.416. The molecule has 0 fully saturated rings.